The van der Waals surface area contributed by atoms with E-state index in [9.17, 15) is 4.79 Å². The average molecular weight is 270 g/mol. The second-order valence-corrected chi connectivity index (χ2v) is 3.83. The number of carbonyl (C=O) groups excluding carboxylic acids is 1. The van der Waals surface area contributed by atoms with Gasteiger partial charge in [0, 0.05) is 10.9 Å². The summed E-state index contributed by atoms with van der Waals surface area (Å²) in [5.74, 6) is -0.286. The van der Waals surface area contributed by atoms with Crippen molar-refractivity contribution in [2.45, 2.75) is 6.42 Å². The van der Waals surface area contributed by atoms with Crippen molar-refractivity contribution in [3.8, 4) is 0 Å². The Morgan fingerprint density at radius 2 is 2.47 bits per heavy atom. The predicted octanol–water partition coefficient (Wildman–Crippen LogP) is 2.31. The zero-order chi connectivity index (χ0) is 10.8. The summed E-state index contributed by atoms with van der Waals surface area (Å²) < 4.78 is 10.6. The van der Waals surface area contributed by atoms with Crippen molar-refractivity contribution in [3.05, 3.63) is 28.7 Å². The van der Waals surface area contributed by atoms with Crippen LogP contribution >= 0.6 is 15.9 Å². The van der Waals surface area contributed by atoms with Gasteiger partial charge in [-0.25, -0.2) is 4.98 Å². The minimum absolute atomic E-state index is 0.208. The normalized spacial score (nSPS) is 10.5. The van der Waals surface area contributed by atoms with Crippen LogP contribution in [0.4, 0.5) is 0 Å². The third kappa shape index (κ3) is 2.02. The lowest BCUT2D eigenvalue weighted by Gasteiger charge is -1.96. The summed E-state index contributed by atoms with van der Waals surface area (Å²) >= 11 is 3.27. The molecule has 0 aromatic carbocycles. The molecule has 0 fully saturated rings. The molecule has 0 amide bonds. The molecule has 0 atom stereocenters. The van der Waals surface area contributed by atoms with Crippen LogP contribution in [0.15, 0.2) is 27.5 Å². The zero-order valence-corrected chi connectivity index (χ0v) is 9.58. The second kappa shape index (κ2) is 4.02. The van der Waals surface area contributed by atoms with E-state index in [1.165, 1.54) is 7.11 Å². The zero-order valence-electron chi connectivity index (χ0n) is 7.99. The van der Waals surface area contributed by atoms with Gasteiger partial charge in [-0.1, -0.05) is 0 Å². The number of furan rings is 1. The quantitative estimate of drug-likeness (QED) is 0.620. The van der Waals surface area contributed by atoms with E-state index < -0.39 is 0 Å². The number of halogens is 1. The highest BCUT2D eigenvalue weighted by molar-refractivity contribution is 9.10. The molecule has 0 aliphatic heterocycles. The van der Waals surface area contributed by atoms with Gasteiger partial charge >= 0.3 is 5.97 Å². The maximum Gasteiger partial charge on any atom is 0.310 e. The maximum atomic E-state index is 11.1. The molecule has 2 heterocycles. The van der Waals surface area contributed by atoms with E-state index in [1.54, 1.807) is 12.5 Å². The summed E-state index contributed by atoms with van der Waals surface area (Å²) in [7, 11) is 1.36. The van der Waals surface area contributed by atoms with E-state index in [2.05, 4.69) is 25.7 Å². The molecule has 0 bridgehead atoms. The molecule has 0 aliphatic carbocycles. The number of methoxy groups -OCH3 is 1. The Balaban J connectivity index is 2.43. The number of aromatic nitrogens is 1. The number of hydrogen-bond donors (Lipinski definition) is 0. The van der Waals surface area contributed by atoms with Crippen LogP contribution < -0.4 is 0 Å². The van der Waals surface area contributed by atoms with Gasteiger partial charge in [0.15, 0.2) is 5.58 Å². The van der Waals surface area contributed by atoms with Crippen LogP contribution in [-0.4, -0.2) is 18.1 Å². The molecule has 0 radical (unpaired) electrons. The molecule has 0 aliphatic rings. The molecule has 15 heavy (non-hydrogen) atoms. The van der Waals surface area contributed by atoms with Crippen molar-refractivity contribution >= 4 is 32.9 Å². The summed E-state index contributed by atoms with van der Waals surface area (Å²) in [4.78, 5) is 15.1. The predicted molar refractivity (Wildman–Crippen MR) is 57.4 cm³/mol. The fourth-order valence-corrected chi connectivity index (χ4v) is 1.66. The lowest BCUT2D eigenvalue weighted by atomic mass is 10.1. The highest BCUT2D eigenvalue weighted by atomic mass is 79.9. The smallest absolute Gasteiger partial charge is 0.310 e. The van der Waals surface area contributed by atoms with Gasteiger partial charge < -0.3 is 9.15 Å². The number of carbonyl (C=O) groups is 1. The molecule has 0 saturated heterocycles. The Morgan fingerprint density at radius 3 is 3.20 bits per heavy atom. The lowest BCUT2D eigenvalue weighted by Crippen LogP contribution is -2.03. The highest BCUT2D eigenvalue weighted by Crippen LogP contribution is 2.23. The van der Waals surface area contributed by atoms with Crippen LogP contribution in [0.1, 0.15) is 5.56 Å². The molecule has 0 spiro atoms. The number of ether oxygens (including phenoxy) is 1. The third-order valence-electron chi connectivity index (χ3n) is 2.07. The third-order valence-corrected chi connectivity index (χ3v) is 2.50. The fourth-order valence-electron chi connectivity index (χ4n) is 1.32. The monoisotopic (exact) mass is 269 g/mol. The molecule has 0 N–H and O–H groups in total. The number of fused-ring (bicyclic) bond motifs is 1. The Hall–Kier alpha value is -1.36. The van der Waals surface area contributed by atoms with Crippen LogP contribution in [0.3, 0.4) is 0 Å². The van der Waals surface area contributed by atoms with Gasteiger partial charge in [-0.15, -0.1) is 0 Å². The Morgan fingerprint density at radius 1 is 1.67 bits per heavy atom. The van der Waals surface area contributed by atoms with Crippen LogP contribution in [-0.2, 0) is 16.0 Å². The van der Waals surface area contributed by atoms with E-state index in [0.29, 0.717) is 10.2 Å². The maximum absolute atomic E-state index is 11.1. The van der Waals surface area contributed by atoms with Crippen LogP contribution in [0.25, 0.3) is 11.0 Å². The summed E-state index contributed by atoms with van der Waals surface area (Å²) in [5, 5.41) is 0.877. The number of esters is 1. The van der Waals surface area contributed by atoms with Crippen LogP contribution in [0, 0.1) is 0 Å². The lowest BCUT2D eigenvalue weighted by molar-refractivity contribution is -0.139. The number of hydrogen-bond acceptors (Lipinski definition) is 4. The van der Waals surface area contributed by atoms with Gasteiger partial charge in [0.25, 0.3) is 0 Å². The van der Waals surface area contributed by atoms with E-state index in [4.69, 9.17) is 4.42 Å². The van der Waals surface area contributed by atoms with E-state index in [1.807, 2.05) is 6.07 Å². The van der Waals surface area contributed by atoms with Gasteiger partial charge in [0.1, 0.15) is 4.60 Å². The summed E-state index contributed by atoms with van der Waals surface area (Å²) in [5.41, 5.74) is 1.47. The second-order valence-electron chi connectivity index (χ2n) is 3.02. The largest absolute Gasteiger partial charge is 0.469 e. The Labute approximate surface area is 94.4 Å². The topological polar surface area (TPSA) is 52.3 Å². The highest BCUT2D eigenvalue weighted by Gasteiger charge is 2.10. The van der Waals surface area contributed by atoms with Crippen molar-refractivity contribution in [2.75, 3.05) is 7.11 Å². The SMILES string of the molecule is COC(=O)Cc1coc2cnc(Br)cc12. The molecule has 78 valence electrons. The van der Waals surface area contributed by atoms with Gasteiger partial charge in [-0.05, 0) is 22.0 Å². The first-order valence-electron chi connectivity index (χ1n) is 4.29. The minimum atomic E-state index is -0.286. The number of nitrogens with zero attached hydrogens (tertiary/aromatic N) is 1. The molecular weight excluding hydrogens is 262 g/mol. The van der Waals surface area contributed by atoms with Crippen molar-refractivity contribution < 1.29 is 13.9 Å². The molecule has 0 unspecified atom stereocenters. The number of pyridine rings is 1. The molecule has 2 rings (SSSR count). The molecule has 0 saturated carbocycles. The van der Waals surface area contributed by atoms with E-state index >= 15 is 0 Å². The van der Waals surface area contributed by atoms with Crippen molar-refractivity contribution in [3.63, 3.8) is 0 Å². The number of rotatable bonds is 2. The first kappa shape index (κ1) is 10.2. The van der Waals surface area contributed by atoms with Crippen LogP contribution in [0.5, 0.6) is 0 Å². The molecule has 4 nitrogen and oxygen atoms in total. The van der Waals surface area contributed by atoms with E-state index in [-0.39, 0.29) is 12.4 Å². The fraction of sp³-hybridized carbons (Fsp3) is 0.200. The molecule has 5 heteroatoms. The van der Waals surface area contributed by atoms with E-state index in [0.717, 1.165) is 10.9 Å². The minimum Gasteiger partial charge on any atom is -0.469 e. The van der Waals surface area contributed by atoms with Crippen molar-refractivity contribution in [2.24, 2.45) is 0 Å². The standard InChI is InChI=1S/C10H8BrNO3/c1-14-10(13)2-6-5-15-8-4-12-9(11)3-7(6)8/h3-5H,2H2,1H3. The summed E-state index contributed by atoms with van der Waals surface area (Å²) in [6.45, 7) is 0. The average Bonchev–Trinajstić information content (AvgIpc) is 2.61. The van der Waals surface area contributed by atoms with Gasteiger partial charge in [0.05, 0.1) is 26.0 Å². The van der Waals surface area contributed by atoms with Gasteiger partial charge in [-0.2, -0.15) is 0 Å². The Bertz CT molecular complexity index is 506. The molecule has 2 aromatic rings. The Kier molecular flexibility index (Phi) is 2.73. The van der Waals surface area contributed by atoms with Crippen molar-refractivity contribution in [1.82, 2.24) is 4.98 Å². The molecule has 2 aromatic heterocycles. The molecular formula is C10H8BrNO3. The van der Waals surface area contributed by atoms with Gasteiger partial charge in [0.2, 0.25) is 0 Å². The summed E-state index contributed by atoms with van der Waals surface area (Å²) in [6, 6.07) is 1.82. The van der Waals surface area contributed by atoms with Crippen molar-refractivity contribution in [1.29, 1.82) is 0 Å². The first-order chi connectivity index (χ1) is 7.20. The first-order valence-corrected chi connectivity index (χ1v) is 5.08. The van der Waals surface area contributed by atoms with Crippen LogP contribution in [0.2, 0.25) is 0 Å². The summed E-state index contributed by atoms with van der Waals surface area (Å²) in [6.07, 6.45) is 3.37. The van der Waals surface area contributed by atoms with Gasteiger partial charge in [-0.3, -0.25) is 4.79 Å².